The molecule has 2 aliphatic rings. The monoisotopic (exact) mass is 464 g/mol. The maximum atomic E-state index is 13.2. The highest BCUT2D eigenvalue weighted by Gasteiger charge is 2.46. The first-order chi connectivity index (χ1) is 13.3. The maximum Gasteiger partial charge on any atom is 0.255 e. The standard InChI is InChI=1S/C19H21BrN4O3S/c1-13-5-6-15(20)14(10-13)18(25)24-9-3-7-19(12-24)11-22-17-16(4-2-8-21-17)28(26,27)23-19/h2,4-6,8,10H,3,7,9,11-12H2,1H3,(H2-,21,22,23,26,27). The highest BCUT2D eigenvalue weighted by atomic mass is 79.9. The minimum Gasteiger partial charge on any atom is -0.593 e. The zero-order valence-electron chi connectivity index (χ0n) is 15.4. The fraction of sp³-hybridized carbons (Fsp3) is 0.368. The second-order valence-electron chi connectivity index (χ2n) is 7.40. The smallest absolute Gasteiger partial charge is 0.255 e. The van der Waals surface area contributed by atoms with Gasteiger partial charge in [-0.15, -0.1) is 4.72 Å². The Morgan fingerprint density at radius 1 is 1.39 bits per heavy atom. The molecule has 9 heteroatoms. The summed E-state index contributed by atoms with van der Waals surface area (Å²) >= 11 is 3.46. The molecule has 0 aliphatic carbocycles. The molecule has 2 aliphatic heterocycles. The van der Waals surface area contributed by atoms with Gasteiger partial charge in [-0.05, 0) is 53.9 Å². The van der Waals surface area contributed by atoms with Crippen LogP contribution in [0.3, 0.4) is 0 Å². The van der Waals surface area contributed by atoms with E-state index in [0.29, 0.717) is 43.9 Å². The van der Waals surface area contributed by atoms with Gasteiger partial charge < -0.3 is 14.8 Å². The van der Waals surface area contributed by atoms with Crippen LogP contribution in [0.25, 0.3) is 0 Å². The third kappa shape index (κ3) is 3.59. The number of halogens is 1. The Morgan fingerprint density at radius 3 is 3.04 bits per heavy atom. The van der Waals surface area contributed by atoms with Crippen molar-refractivity contribution in [3.63, 3.8) is 0 Å². The van der Waals surface area contributed by atoms with E-state index < -0.39 is 15.9 Å². The summed E-state index contributed by atoms with van der Waals surface area (Å²) in [6.07, 6.45) is 2.92. The lowest BCUT2D eigenvalue weighted by Gasteiger charge is -2.42. The van der Waals surface area contributed by atoms with Gasteiger partial charge in [-0.25, -0.2) is 4.98 Å². The molecule has 1 fully saturated rings. The molecule has 0 saturated carbocycles. The summed E-state index contributed by atoms with van der Waals surface area (Å²) in [5.74, 6) is 0.241. The number of rotatable bonds is 1. The molecule has 148 valence electrons. The third-order valence-corrected chi connectivity index (χ3v) is 7.52. The van der Waals surface area contributed by atoms with E-state index in [0.717, 1.165) is 10.0 Å². The van der Waals surface area contributed by atoms with E-state index in [1.54, 1.807) is 17.2 Å². The highest BCUT2D eigenvalue weighted by Crippen LogP contribution is 2.33. The minimum absolute atomic E-state index is 0.103. The van der Waals surface area contributed by atoms with E-state index in [2.05, 4.69) is 31.0 Å². The van der Waals surface area contributed by atoms with E-state index in [-0.39, 0.29) is 10.8 Å². The first-order valence-corrected chi connectivity index (χ1v) is 11.4. The minimum atomic E-state index is -3.74. The van der Waals surface area contributed by atoms with Crippen LogP contribution >= 0.6 is 15.9 Å². The number of piperidine rings is 1. The van der Waals surface area contributed by atoms with Crippen LogP contribution in [0.4, 0.5) is 5.82 Å². The van der Waals surface area contributed by atoms with E-state index in [4.69, 9.17) is 0 Å². The fourth-order valence-corrected chi connectivity index (χ4v) is 5.85. The normalized spacial score (nSPS) is 27.0. The Morgan fingerprint density at radius 2 is 2.21 bits per heavy atom. The van der Waals surface area contributed by atoms with Gasteiger partial charge in [-0.1, -0.05) is 15.8 Å². The van der Waals surface area contributed by atoms with Crippen LogP contribution in [0.2, 0.25) is 0 Å². The molecular formula is C19H21BrN4O3S. The quantitative estimate of drug-likeness (QED) is 0.632. The summed E-state index contributed by atoms with van der Waals surface area (Å²) in [5, 5.41) is 3.16. The summed E-state index contributed by atoms with van der Waals surface area (Å²) in [7, 11) is -3.74. The van der Waals surface area contributed by atoms with Crippen LogP contribution in [0.1, 0.15) is 28.8 Å². The number of likely N-dealkylation sites (tertiary alicyclic amines) is 1. The first-order valence-electron chi connectivity index (χ1n) is 9.08. The molecule has 1 aromatic heterocycles. The molecule has 2 N–H and O–H groups in total. The summed E-state index contributed by atoms with van der Waals surface area (Å²) in [6.45, 7) is 3.20. The number of pyridine rings is 1. The van der Waals surface area contributed by atoms with Gasteiger partial charge in [-0.3, -0.25) is 4.79 Å². The molecular weight excluding hydrogens is 444 g/mol. The van der Waals surface area contributed by atoms with E-state index >= 15 is 0 Å². The Bertz CT molecular complexity index is 985. The van der Waals surface area contributed by atoms with Gasteiger partial charge in [0.15, 0.2) is 16.2 Å². The van der Waals surface area contributed by atoms with Crippen LogP contribution in [-0.4, -0.2) is 45.5 Å². The van der Waals surface area contributed by atoms with E-state index in [1.807, 2.05) is 25.1 Å². The Labute approximate surface area is 173 Å². The third-order valence-electron chi connectivity index (χ3n) is 5.22. The molecule has 2 aromatic rings. The van der Waals surface area contributed by atoms with Crippen LogP contribution in [0, 0.1) is 6.92 Å². The van der Waals surface area contributed by atoms with Gasteiger partial charge in [0, 0.05) is 36.4 Å². The lowest BCUT2D eigenvalue weighted by molar-refractivity contribution is 0.0635. The van der Waals surface area contributed by atoms with Crippen molar-refractivity contribution in [2.24, 2.45) is 0 Å². The number of benzene rings is 1. The zero-order valence-corrected chi connectivity index (χ0v) is 17.8. The molecule has 0 radical (unpaired) electrons. The number of carbonyl (C=O) groups excluding carboxylic acids is 1. The number of anilines is 1. The number of fused-ring (bicyclic) bond motifs is 1. The average molecular weight is 465 g/mol. The van der Waals surface area contributed by atoms with Crippen molar-refractivity contribution in [2.75, 3.05) is 25.0 Å². The van der Waals surface area contributed by atoms with Crippen molar-refractivity contribution in [3.05, 3.63) is 52.1 Å². The largest absolute Gasteiger partial charge is 0.593 e. The first kappa shape index (κ1) is 19.5. The second kappa shape index (κ2) is 7.22. The second-order valence-corrected chi connectivity index (χ2v) is 9.91. The lowest BCUT2D eigenvalue weighted by atomic mass is 9.89. The summed E-state index contributed by atoms with van der Waals surface area (Å²) in [6, 6.07) is 8.78. The topological polar surface area (TPSA) is 97.4 Å². The summed E-state index contributed by atoms with van der Waals surface area (Å²) in [5.41, 5.74) is 0.812. The molecule has 2 unspecified atom stereocenters. The van der Waals surface area contributed by atoms with E-state index in [9.17, 15) is 13.6 Å². The van der Waals surface area contributed by atoms with Crippen LogP contribution in [0.5, 0.6) is 0 Å². The lowest BCUT2D eigenvalue weighted by Crippen LogP contribution is -2.63. The molecule has 1 amide bonds. The van der Waals surface area contributed by atoms with Gasteiger partial charge in [0.25, 0.3) is 5.91 Å². The molecule has 3 heterocycles. The van der Waals surface area contributed by atoms with Crippen molar-refractivity contribution < 1.29 is 13.6 Å². The van der Waals surface area contributed by atoms with Crippen LogP contribution in [-0.2, 0) is 14.6 Å². The van der Waals surface area contributed by atoms with Gasteiger partial charge in [-0.2, -0.15) is 0 Å². The number of hydrogen-bond donors (Lipinski definition) is 2. The maximum absolute atomic E-state index is 13.2. The molecule has 1 saturated heterocycles. The molecule has 1 spiro atoms. The van der Waals surface area contributed by atoms with Gasteiger partial charge in [0.05, 0.1) is 11.1 Å². The van der Waals surface area contributed by atoms with Crippen LogP contribution < -0.4 is 10.0 Å². The molecule has 7 nitrogen and oxygen atoms in total. The van der Waals surface area contributed by atoms with Gasteiger partial charge in [0.2, 0.25) is 4.90 Å². The molecule has 0 bridgehead atoms. The summed E-state index contributed by atoms with van der Waals surface area (Å²) in [4.78, 5) is 19.2. The zero-order chi connectivity index (χ0) is 19.9. The number of carbonyl (C=O) groups is 1. The Kier molecular flexibility index (Phi) is 5.03. The highest BCUT2D eigenvalue weighted by molar-refractivity contribution is 9.10. The molecule has 2 atom stereocenters. The number of nitrogens with zero attached hydrogens (tertiary/aromatic N) is 2. The SMILES string of the molecule is Cc1ccc(Br)c(C(=O)N2CCCC3(CNc4ncccc4[S+](=O)([O-])N3)C2)c1. The number of hydrogen-bond acceptors (Lipinski definition) is 5. The molecule has 28 heavy (non-hydrogen) atoms. The number of aromatic nitrogens is 1. The number of sulfonamides is 1. The van der Waals surface area contributed by atoms with E-state index in [1.165, 1.54) is 6.07 Å². The number of amides is 1. The number of nitrogens with one attached hydrogen (secondary N) is 2. The van der Waals surface area contributed by atoms with Gasteiger partial charge >= 0.3 is 0 Å². The predicted molar refractivity (Wildman–Crippen MR) is 110 cm³/mol. The Balaban J connectivity index is 1.62. The number of aryl methyl sites for hydroxylation is 1. The molecule has 1 aromatic carbocycles. The Hall–Kier alpha value is -1.81. The van der Waals surface area contributed by atoms with Crippen molar-refractivity contribution in [1.29, 1.82) is 0 Å². The fourth-order valence-electron chi connectivity index (χ4n) is 3.88. The predicted octanol–water partition coefficient (Wildman–Crippen LogP) is 2.75. The molecule has 4 rings (SSSR count). The van der Waals surface area contributed by atoms with Crippen molar-refractivity contribution >= 4 is 38.1 Å². The van der Waals surface area contributed by atoms with Crippen LogP contribution in [0.15, 0.2) is 45.9 Å². The van der Waals surface area contributed by atoms with Gasteiger partial charge in [0.1, 0.15) is 0 Å². The van der Waals surface area contributed by atoms with Crippen molar-refractivity contribution in [2.45, 2.75) is 30.2 Å². The summed E-state index contributed by atoms with van der Waals surface area (Å²) < 4.78 is 29.4. The van der Waals surface area contributed by atoms with Crippen molar-refractivity contribution in [3.8, 4) is 0 Å². The van der Waals surface area contributed by atoms with Crippen molar-refractivity contribution in [1.82, 2.24) is 14.6 Å². The average Bonchev–Trinajstić information content (AvgIpc) is 2.78.